The summed E-state index contributed by atoms with van der Waals surface area (Å²) in [5.74, 6) is 0. The van der Waals surface area contributed by atoms with Gasteiger partial charge in [-0.25, -0.2) is 0 Å². The summed E-state index contributed by atoms with van der Waals surface area (Å²) < 4.78 is 0. The molecule has 1 aromatic carbocycles. The van der Waals surface area contributed by atoms with Crippen LogP contribution in [0.5, 0.6) is 0 Å². The van der Waals surface area contributed by atoms with Crippen LogP contribution in [0.15, 0.2) is 35.7 Å². The van der Waals surface area contributed by atoms with Gasteiger partial charge >= 0.3 is 0 Å². The lowest BCUT2D eigenvalue weighted by Gasteiger charge is -2.23. The Hall–Kier alpha value is -1.03. The van der Waals surface area contributed by atoms with Gasteiger partial charge in [-0.2, -0.15) is 0 Å². The van der Waals surface area contributed by atoms with E-state index in [0.29, 0.717) is 0 Å². The van der Waals surface area contributed by atoms with Crippen LogP contribution in [0.25, 0.3) is 0 Å². The normalized spacial score (nSPS) is 10.8. The van der Waals surface area contributed by atoms with Gasteiger partial charge in [-0.15, -0.1) is 11.3 Å². The second-order valence-electron chi connectivity index (χ2n) is 4.80. The molecule has 1 aromatic heterocycles. The largest absolute Gasteiger partial charge is 0.374 e. The summed E-state index contributed by atoms with van der Waals surface area (Å²) in [7, 11) is 2.13. The number of hydrogen-bond donors (Lipinski definition) is 1. The number of nitrogens with one attached hydrogen (secondary N) is 1. The molecule has 20 heavy (non-hydrogen) atoms. The van der Waals surface area contributed by atoms with E-state index in [2.05, 4.69) is 53.8 Å². The number of hydrogen-bond acceptors (Lipinski definition) is 3. The Kier molecular flexibility index (Phi) is 5.89. The Labute approximate surface area is 130 Å². The van der Waals surface area contributed by atoms with Gasteiger partial charge < -0.3 is 10.2 Å². The molecule has 0 radical (unpaired) electrons. The van der Waals surface area contributed by atoms with Crippen molar-refractivity contribution in [2.45, 2.75) is 19.9 Å². The van der Waals surface area contributed by atoms with E-state index in [-0.39, 0.29) is 0 Å². The summed E-state index contributed by atoms with van der Waals surface area (Å²) in [6, 6.07) is 10.4. The van der Waals surface area contributed by atoms with Crippen LogP contribution in [0, 0.1) is 0 Å². The predicted octanol–water partition coefficient (Wildman–Crippen LogP) is 4.19. The first-order valence-corrected chi connectivity index (χ1v) is 8.19. The van der Waals surface area contributed by atoms with Crippen LogP contribution in [0.4, 0.5) is 5.69 Å². The zero-order chi connectivity index (χ0) is 14.4. The van der Waals surface area contributed by atoms with Crippen molar-refractivity contribution >= 4 is 28.6 Å². The van der Waals surface area contributed by atoms with Crippen LogP contribution in [0.2, 0.25) is 5.02 Å². The third-order valence-corrected chi connectivity index (χ3v) is 4.47. The highest BCUT2D eigenvalue weighted by Gasteiger charge is 2.08. The molecule has 0 spiro atoms. The molecule has 108 valence electrons. The van der Waals surface area contributed by atoms with Crippen molar-refractivity contribution in [3.05, 3.63) is 51.2 Å². The van der Waals surface area contributed by atoms with Crippen molar-refractivity contribution in [1.29, 1.82) is 0 Å². The molecule has 0 aliphatic carbocycles. The van der Waals surface area contributed by atoms with Crippen molar-refractivity contribution < 1.29 is 0 Å². The van der Waals surface area contributed by atoms with Gasteiger partial charge in [0.2, 0.25) is 0 Å². The fourth-order valence-corrected chi connectivity index (χ4v) is 3.02. The van der Waals surface area contributed by atoms with Crippen LogP contribution in [0.3, 0.4) is 0 Å². The zero-order valence-electron chi connectivity index (χ0n) is 12.0. The molecule has 0 amide bonds. The SMILES string of the molecule is CCNCc1ccc(Cl)cc1N(C)CCc1cccs1. The molecule has 4 heteroatoms. The number of halogens is 1. The van der Waals surface area contributed by atoms with E-state index < -0.39 is 0 Å². The third-order valence-electron chi connectivity index (χ3n) is 3.30. The van der Waals surface area contributed by atoms with Gasteiger partial charge in [0.25, 0.3) is 0 Å². The van der Waals surface area contributed by atoms with Crippen LogP contribution >= 0.6 is 22.9 Å². The van der Waals surface area contributed by atoms with Crippen LogP contribution in [0.1, 0.15) is 17.4 Å². The summed E-state index contributed by atoms with van der Waals surface area (Å²) in [4.78, 5) is 3.71. The second kappa shape index (κ2) is 7.67. The van der Waals surface area contributed by atoms with Gasteiger partial charge in [0.15, 0.2) is 0 Å². The summed E-state index contributed by atoms with van der Waals surface area (Å²) in [6.45, 7) is 4.98. The Morgan fingerprint density at radius 2 is 2.15 bits per heavy atom. The number of anilines is 1. The number of likely N-dealkylation sites (N-methyl/N-ethyl adjacent to an activating group) is 1. The smallest absolute Gasteiger partial charge is 0.0426 e. The van der Waals surface area contributed by atoms with Crippen molar-refractivity contribution in [3.8, 4) is 0 Å². The average molecular weight is 309 g/mol. The molecule has 2 rings (SSSR count). The van der Waals surface area contributed by atoms with Crippen molar-refractivity contribution in [1.82, 2.24) is 5.32 Å². The van der Waals surface area contributed by atoms with E-state index in [1.54, 1.807) is 0 Å². The van der Waals surface area contributed by atoms with Crippen LogP contribution in [-0.2, 0) is 13.0 Å². The van der Waals surface area contributed by atoms with E-state index in [0.717, 1.165) is 31.1 Å². The van der Waals surface area contributed by atoms with Gasteiger partial charge in [0.1, 0.15) is 0 Å². The molecule has 1 heterocycles. The molecule has 0 fully saturated rings. The monoisotopic (exact) mass is 308 g/mol. The minimum absolute atomic E-state index is 0.795. The highest BCUT2D eigenvalue weighted by molar-refractivity contribution is 7.09. The standard InChI is InChI=1S/C16H21ClN2S/c1-3-18-12-13-6-7-14(17)11-16(13)19(2)9-8-15-5-4-10-20-15/h4-7,10-11,18H,3,8-9,12H2,1-2H3. The summed E-state index contributed by atoms with van der Waals surface area (Å²) >= 11 is 7.97. The van der Waals surface area contributed by atoms with Gasteiger partial charge in [-0.05, 0) is 42.1 Å². The minimum Gasteiger partial charge on any atom is -0.374 e. The Bertz CT molecular complexity index is 525. The highest BCUT2D eigenvalue weighted by Crippen LogP contribution is 2.24. The highest BCUT2D eigenvalue weighted by atomic mass is 35.5. The number of nitrogens with zero attached hydrogens (tertiary/aromatic N) is 1. The molecule has 0 aliphatic rings. The Morgan fingerprint density at radius 1 is 1.30 bits per heavy atom. The zero-order valence-corrected chi connectivity index (χ0v) is 13.6. The summed E-state index contributed by atoms with van der Waals surface area (Å²) in [6.07, 6.45) is 1.07. The van der Waals surface area contributed by atoms with Crippen molar-refractivity contribution in [3.63, 3.8) is 0 Å². The maximum absolute atomic E-state index is 6.15. The van der Waals surface area contributed by atoms with Crippen LogP contribution < -0.4 is 10.2 Å². The van der Waals surface area contributed by atoms with Crippen LogP contribution in [-0.4, -0.2) is 20.1 Å². The molecule has 2 aromatic rings. The first-order valence-electron chi connectivity index (χ1n) is 6.93. The second-order valence-corrected chi connectivity index (χ2v) is 6.27. The minimum atomic E-state index is 0.795. The van der Waals surface area contributed by atoms with E-state index in [1.807, 2.05) is 17.4 Å². The molecule has 2 nitrogen and oxygen atoms in total. The molecule has 0 unspecified atom stereocenters. The maximum Gasteiger partial charge on any atom is 0.0426 e. The van der Waals surface area contributed by atoms with E-state index >= 15 is 0 Å². The van der Waals surface area contributed by atoms with E-state index in [4.69, 9.17) is 11.6 Å². The maximum atomic E-state index is 6.15. The number of benzene rings is 1. The summed E-state index contributed by atoms with van der Waals surface area (Å²) in [5, 5.41) is 6.31. The topological polar surface area (TPSA) is 15.3 Å². The van der Waals surface area contributed by atoms with E-state index in [9.17, 15) is 0 Å². The molecule has 0 saturated heterocycles. The number of thiophene rings is 1. The molecule has 0 aliphatic heterocycles. The fraction of sp³-hybridized carbons (Fsp3) is 0.375. The first kappa shape index (κ1) is 15.4. The van der Waals surface area contributed by atoms with Crippen molar-refractivity contribution in [2.75, 3.05) is 25.0 Å². The van der Waals surface area contributed by atoms with Gasteiger partial charge in [-0.1, -0.05) is 30.7 Å². The average Bonchev–Trinajstić information content (AvgIpc) is 2.96. The first-order chi connectivity index (χ1) is 9.70. The van der Waals surface area contributed by atoms with Gasteiger partial charge in [0, 0.05) is 35.7 Å². The quantitative estimate of drug-likeness (QED) is 0.825. The Balaban J connectivity index is 2.06. The molecular formula is C16H21ClN2S. The molecule has 0 atom stereocenters. The third kappa shape index (κ3) is 4.23. The molecular weight excluding hydrogens is 288 g/mol. The lowest BCUT2D eigenvalue weighted by atomic mass is 10.1. The Morgan fingerprint density at radius 3 is 2.85 bits per heavy atom. The van der Waals surface area contributed by atoms with E-state index in [1.165, 1.54) is 16.1 Å². The fourth-order valence-electron chi connectivity index (χ4n) is 2.15. The van der Waals surface area contributed by atoms with Gasteiger partial charge in [0.05, 0.1) is 0 Å². The predicted molar refractivity (Wildman–Crippen MR) is 90.1 cm³/mol. The number of rotatable bonds is 7. The van der Waals surface area contributed by atoms with Crippen molar-refractivity contribution in [2.24, 2.45) is 0 Å². The van der Waals surface area contributed by atoms with Gasteiger partial charge in [-0.3, -0.25) is 0 Å². The summed E-state index contributed by atoms with van der Waals surface area (Å²) in [5.41, 5.74) is 2.51. The molecule has 0 bridgehead atoms. The molecule has 1 N–H and O–H groups in total. The lowest BCUT2D eigenvalue weighted by Crippen LogP contribution is -2.23. The lowest BCUT2D eigenvalue weighted by molar-refractivity contribution is 0.723. The molecule has 0 saturated carbocycles.